The van der Waals surface area contributed by atoms with Crippen LogP contribution in [0.1, 0.15) is 31.2 Å². The van der Waals surface area contributed by atoms with E-state index in [4.69, 9.17) is 9.47 Å². The zero-order valence-corrected chi connectivity index (χ0v) is 13.3. The lowest BCUT2D eigenvalue weighted by Gasteiger charge is -2.07. The van der Waals surface area contributed by atoms with E-state index >= 15 is 0 Å². The number of nitrogens with one attached hydrogen (secondary N) is 1. The highest BCUT2D eigenvalue weighted by molar-refractivity contribution is 5.87. The molecule has 21 heavy (non-hydrogen) atoms. The van der Waals surface area contributed by atoms with Crippen LogP contribution in [0.25, 0.3) is 0 Å². The number of amidine groups is 1. The molecular formula is C15H22ClN3O2. The van der Waals surface area contributed by atoms with Gasteiger partial charge in [0.25, 0.3) is 0 Å². The highest BCUT2D eigenvalue weighted by Gasteiger charge is 2.04. The molecule has 0 amide bonds. The molecule has 0 aromatic heterocycles. The van der Waals surface area contributed by atoms with Gasteiger partial charge in [-0.15, -0.1) is 12.4 Å². The summed E-state index contributed by atoms with van der Waals surface area (Å²) in [7, 11) is 3.27. The molecule has 2 rings (SSSR count). The number of hydrazone groups is 1. The molecule has 0 saturated carbocycles. The minimum atomic E-state index is 0. The van der Waals surface area contributed by atoms with Gasteiger partial charge in [-0.25, -0.2) is 0 Å². The van der Waals surface area contributed by atoms with Gasteiger partial charge < -0.3 is 9.47 Å². The molecule has 1 aliphatic heterocycles. The van der Waals surface area contributed by atoms with Gasteiger partial charge in [0.2, 0.25) is 0 Å². The van der Waals surface area contributed by atoms with Gasteiger partial charge in [0.05, 0.1) is 20.4 Å². The van der Waals surface area contributed by atoms with E-state index in [0.717, 1.165) is 35.9 Å². The van der Waals surface area contributed by atoms with Crippen molar-refractivity contribution in [3.63, 3.8) is 0 Å². The summed E-state index contributed by atoms with van der Waals surface area (Å²) in [5, 5.41) is 4.24. The van der Waals surface area contributed by atoms with Crippen molar-refractivity contribution in [2.24, 2.45) is 10.1 Å². The lowest BCUT2D eigenvalue weighted by atomic mass is 10.2. The SMILES string of the molecule is COc1ccc(/C=N/NC2=NCCCCC2)c(OC)c1.Cl. The summed E-state index contributed by atoms with van der Waals surface area (Å²) < 4.78 is 10.5. The predicted molar refractivity (Wildman–Crippen MR) is 88.3 cm³/mol. The molecule has 0 aliphatic carbocycles. The molecule has 0 unspecified atom stereocenters. The molecule has 0 radical (unpaired) electrons. The second kappa shape index (κ2) is 9.23. The third-order valence-corrected chi connectivity index (χ3v) is 3.21. The van der Waals surface area contributed by atoms with Crippen LogP contribution in [0.3, 0.4) is 0 Å². The average Bonchev–Trinajstić information content (AvgIpc) is 2.76. The van der Waals surface area contributed by atoms with E-state index < -0.39 is 0 Å². The van der Waals surface area contributed by atoms with E-state index in [1.807, 2.05) is 18.2 Å². The van der Waals surface area contributed by atoms with E-state index in [-0.39, 0.29) is 12.4 Å². The lowest BCUT2D eigenvalue weighted by molar-refractivity contribution is 0.394. The summed E-state index contributed by atoms with van der Waals surface area (Å²) in [5.41, 5.74) is 3.92. The molecule has 0 saturated heterocycles. The van der Waals surface area contributed by atoms with Crippen LogP contribution in [0, 0.1) is 0 Å². The first-order valence-corrected chi connectivity index (χ1v) is 6.88. The summed E-state index contributed by atoms with van der Waals surface area (Å²) in [4.78, 5) is 4.46. The first-order valence-electron chi connectivity index (χ1n) is 6.88. The predicted octanol–water partition coefficient (Wildman–Crippen LogP) is 3.02. The number of nitrogens with zero attached hydrogens (tertiary/aromatic N) is 2. The number of hydrogen-bond donors (Lipinski definition) is 1. The van der Waals surface area contributed by atoms with Crippen LogP contribution in [0.5, 0.6) is 11.5 Å². The summed E-state index contributed by atoms with van der Waals surface area (Å²) in [6.07, 6.45) is 6.29. The van der Waals surface area contributed by atoms with Crippen molar-refractivity contribution in [2.45, 2.75) is 25.7 Å². The number of halogens is 1. The Bertz CT molecular complexity index is 504. The van der Waals surface area contributed by atoms with Gasteiger partial charge in [0, 0.05) is 24.6 Å². The molecule has 1 heterocycles. The van der Waals surface area contributed by atoms with Crippen molar-refractivity contribution < 1.29 is 9.47 Å². The van der Waals surface area contributed by atoms with Crippen molar-refractivity contribution in [3.8, 4) is 11.5 Å². The molecule has 1 N–H and O–H groups in total. The molecule has 0 spiro atoms. The minimum absolute atomic E-state index is 0. The van der Waals surface area contributed by atoms with Crippen molar-refractivity contribution in [1.29, 1.82) is 0 Å². The van der Waals surface area contributed by atoms with E-state index in [9.17, 15) is 0 Å². The van der Waals surface area contributed by atoms with Crippen LogP contribution in [0.2, 0.25) is 0 Å². The zero-order chi connectivity index (χ0) is 14.2. The summed E-state index contributed by atoms with van der Waals surface area (Å²) >= 11 is 0. The second-order valence-electron chi connectivity index (χ2n) is 4.62. The quantitative estimate of drug-likeness (QED) is 0.687. The van der Waals surface area contributed by atoms with Crippen molar-refractivity contribution in [1.82, 2.24) is 5.43 Å². The number of ether oxygens (including phenoxy) is 2. The number of benzene rings is 1. The summed E-state index contributed by atoms with van der Waals surface area (Å²) in [6.45, 7) is 0.893. The van der Waals surface area contributed by atoms with Crippen molar-refractivity contribution in [2.75, 3.05) is 20.8 Å². The van der Waals surface area contributed by atoms with Crippen LogP contribution in [0.15, 0.2) is 28.3 Å². The normalized spacial score (nSPS) is 14.9. The van der Waals surface area contributed by atoms with Crippen molar-refractivity contribution in [3.05, 3.63) is 23.8 Å². The topological polar surface area (TPSA) is 55.2 Å². The Morgan fingerprint density at radius 2 is 2.05 bits per heavy atom. The Kier molecular flexibility index (Phi) is 7.61. The monoisotopic (exact) mass is 311 g/mol. The molecular weight excluding hydrogens is 290 g/mol. The molecule has 1 aromatic rings. The highest BCUT2D eigenvalue weighted by atomic mass is 35.5. The van der Waals surface area contributed by atoms with Crippen molar-refractivity contribution >= 4 is 24.5 Å². The third kappa shape index (κ3) is 5.27. The Balaban J connectivity index is 0.00000220. The van der Waals surface area contributed by atoms with Crippen LogP contribution in [0.4, 0.5) is 0 Å². The first-order chi connectivity index (χ1) is 9.83. The fourth-order valence-corrected chi connectivity index (χ4v) is 2.07. The van der Waals surface area contributed by atoms with E-state index in [1.165, 1.54) is 19.3 Å². The second-order valence-corrected chi connectivity index (χ2v) is 4.62. The Labute approximate surface area is 131 Å². The molecule has 1 aliphatic rings. The van der Waals surface area contributed by atoms with Crippen LogP contribution >= 0.6 is 12.4 Å². The van der Waals surface area contributed by atoms with Gasteiger partial charge in [-0.05, 0) is 25.0 Å². The maximum Gasteiger partial charge on any atom is 0.131 e. The average molecular weight is 312 g/mol. The fourth-order valence-electron chi connectivity index (χ4n) is 2.07. The zero-order valence-electron chi connectivity index (χ0n) is 12.5. The standard InChI is InChI=1S/C15H21N3O2.ClH/c1-19-13-8-7-12(14(10-13)20-2)11-17-18-15-6-4-3-5-9-16-15;/h7-8,10-11H,3-6,9H2,1-2H3,(H,16,18);1H/b17-11+;. The van der Waals surface area contributed by atoms with Gasteiger partial charge in [0.15, 0.2) is 0 Å². The molecule has 5 nitrogen and oxygen atoms in total. The molecule has 6 heteroatoms. The van der Waals surface area contributed by atoms with Gasteiger partial charge in [-0.2, -0.15) is 5.10 Å². The van der Waals surface area contributed by atoms with Crippen LogP contribution in [-0.2, 0) is 0 Å². The molecule has 0 fully saturated rings. The maximum atomic E-state index is 5.32. The lowest BCUT2D eigenvalue weighted by Crippen LogP contribution is -2.17. The Morgan fingerprint density at radius 3 is 2.81 bits per heavy atom. The highest BCUT2D eigenvalue weighted by Crippen LogP contribution is 2.22. The Hall–Kier alpha value is -1.75. The number of methoxy groups -OCH3 is 2. The van der Waals surface area contributed by atoms with E-state index in [1.54, 1.807) is 20.4 Å². The van der Waals surface area contributed by atoms with Crippen LogP contribution in [-0.4, -0.2) is 32.8 Å². The van der Waals surface area contributed by atoms with Gasteiger partial charge >= 0.3 is 0 Å². The van der Waals surface area contributed by atoms with Gasteiger partial charge in [0.1, 0.15) is 17.3 Å². The molecule has 116 valence electrons. The largest absolute Gasteiger partial charge is 0.497 e. The minimum Gasteiger partial charge on any atom is -0.497 e. The van der Waals surface area contributed by atoms with E-state index in [2.05, 4.69) is 15.5 Å². The first kappa shape index (κ1) is 17.3. The Morgan fingerprint density at radius 1 is 1.19 bits per heavy atom. The maximum absolute atomic E-state index is 5.32. The van der Waals surface area contributed by atoms with Gasteiger partial charge in [-0.1, -0.05) is 6.42 Å². The third-order valence-electron chi connectivity index (χ3n) is 3.21. The molecule has 0 atom stereocenters. The van der Waals surface area contributed by atoms with Gasteiger partial charge in [-0.3, -0.25) is 10.4 Å². The fraction of sp³-hybridized carbons (Fsp3) is 0.467. The molecule has 1 aromatic carbocycles. The smallest absolute Gasteiger partial charge is 0.131 e. The molecule has 0 bridgehead atoms. The number of aliphatic imine (C=N–C) groups is 1. The number of hydrogen-bond acceptors (Lipinski definition) is 5. The summed E-state index contributed by atoms with van der Waals surface area (Å²) in [5.74, 6) is 2.46. The summed E-state index contributed by atoms with van der Waals surface area (Å²) in [6, 6.07) is 5.63. The van der Waals surface area contributed by atoms with Crippen LogP contribution < -0.4 is 14.9 Å². The number of rotatable bonds is 4. The van der Waals surface area contributed by atoms with E-state index in [0.29, 0.717) is 0 Å².